The third-order valence-electron chi connectivity index (χ3n) is 3.76. The monoisotopic (exact) mass is 365 g/mol. The van der Waals surface area contributed by atoms with E-state index in [1.54, 1.807) is 18.2 Å². The van der Waals surface area contributed by atoms with Gasteiger partial charge in [0.15, 0.2) is 0 Å². The third-order valence-corrected chi connectivity index (χ3v) is 4.31. The standard InChI is InChI=1S/C18H17Cl2NO3/c19-12-7-8-14(15(20)10-12)18(22)21-16-5-1-2-6-17(16)24-11-13-4-3-9-23-13/h1-2,5-8,10,13H,3-4,9,11H2,(H,21,22). The molecule has 4 nitrogen and oxygen atoms in total. The predicted molar refractivity (Wildman–Crippen MR) is 95.3 cm³/mol. The van der Waals surface area contributed by atoms with Crippen molar-refractivity contribution in [2.24, 2.45) is 0 Å². The summed E-state index contributed by atoms with van der Waals surface area (Å²) in [5.74, 6) is 0.288. The molecule has 1 heterocycles. The molecule has 2 aromatic rings. The van der Waals surface area contributed by atoms with Gasteiger partial charge in [-0.1, -0.05) is 35.3 Å². The molecule has 0 spiro atoms. The molecule has 1 amide bonds. The molecule has 2 aromatic carbocycles. The van der Waals surface area contributed by atoms with Gasteiger partial charge in [-0.3, -0.25) is 4.79 Å². The van der Waals surface area contributed by atoms with E-state index in [2.05, 4.69) is 5.32 Å². The molecule has 0 radical (unpaired) electrons. The smallest absolute Gasteiger partial charge is 0.257 e. The van der Waals surface area contributed by atoms with Crippen molar-refractivity contribution >= 4 is 34.8 Å². The van der Waals surface area contributed by atoms with E-state index in [-0.39, 0.29) is 12.0 Å². The normalized spacial score (nSPS) is 16.8. The van der Waals surface area contributed by atoms with Crippen molar-refractivity contribution < 1.29 is 14.3 Å². The number of hydrogen-bond donors (Lipinski definition) is 1. The van der Waals surface area contributed by atoms with Crippen LogP contribution in [0.15, 0.2) is 42.5 Å². The number of rotatable bonds is 5. The predicted octanol–water partition coefficient (Wildman–Crippen LogP) is 4.80. The summed E-state index contributed by atoms with van der Waals surface area (Å²) in [6.07, 6.45) is 2.16. The first kappa shape index (κ1) is 17.1. The summed E-state index contributed by atoms with van der Waals surface area (Å²) in [5.41, 5.74) is 0.946. The number of halogens is 2. The second-order valence-corrected chi connectivity index (χ2v) is 6.36. The summed E-state index contributed by atoms with van der Waals surface area (Å²) in [6.45, 7) is 1.25. The van der Waals surface area contributed by atoms with E-state index in [9.17, 15) is 4.79 Å². The van der Waals surface area contributed by atoms with Crippen molar-refractivity contribution in [1.82, 2.24) is 0 Å². The van der Waals surface area contributed by atoms with Gasteiger partial charge < -0.3 is 14.8 Å². The summed E-state index contributed by atoms with van der Waals surface area (Å²) in [6, 6.07) is 12.0. The SMILES string of the molecule is O=C(Nc1ccccc1OCC1CCCO1)c1ccc(Cl)cc1Cl. The van der Waals surface area contributed by atoms with Crippen LogP contribution in [0.3, 0.4) is 0 Å². The topological polar surface area (TPSA) is 47.6 Å². The number of hydrogen-bond acceptors (Lipinski definition) is 3. The van der Waals surface area contributed by atoms with Crippen LogP contribution in [0.25, 0.3) is 0 Å². The van der Waals surface area contributed by atoms with Crippen LogP contribution in [0.1, 0.15) is 23.2 Å². The molecule has 1 aliphatic rings. The zero-order chi connectivity index (χ0) is 16.9. The van der Waals surface area contributed by atoms with E-state index in [0.29, 0.717) is 33.7 Å². The first-order valence-electron chi connectivity index (χ1n) is 7.73. The second kappa shape index (κ2) is 7.88. The van der Waals surface area contributed by atoms with E-state index in [4.69, 9.17) is 32.7 Å². The Kier molecular flexibility index (Phi) is 5.61. The Balaban J connectivity index is 1.71. The van der Waals surface area contributed by atoms with E-state index in [1.165, 1.54) is 6.07 Å². The Bertz CT molecular complexity index is 730. The number of anilines is 1. The highest BCUT2D eigenvalue weighted by Gasteiger charge is 2.18. The lowest BCUT2D eigenvalue weighted by atomic mass is 10.2. The van der Waals surface area contributed by atoms with Crippen LogP contribution in [-0.2, 0) is 4.74 Å². The maximum atomic E-state index is 12.4. The number of ether oxygens (including phenoxy) is 2. The number of nitrogens with one attached hydrogen (secondary N) is 1. The van der Waals surface area contributed by atoms with Crippen LogP contribution in [0.2, 0.25) is 10.0 Å². The summed E-state index contributed by atoms with van der Waals surface area (Å²) in [5, 5.41) is 3.62. The summed E-state index contributed by atoms with van der Waals surface area (Å²) in [4.78, 5) is 12.4. The highest BCUT2D eigenvalue weighted by Crippen LogP contribution is 2.27. The molecule has 1 unspecified atom stereocenters. The van der Waals surface area contributed by atoms with Gasteiger partial charge in [-0.2, -0.15) is 0 Å². The fourth-order valence-corrected chi connectivity index (χ4v) is 3.01. The molecule has 0 bridgehead atoms. The lowest BCUT2D eigenvalue weighted by molar-refractivity contribution is 0.0682. The third kappa shape index (κ3) is 4.20. The number of benzene rings is 2. The minimum Gasteiger partial charge on any atom is -0.489 e. The molecule has 1 aliphatic heterocycles. The zero-order valence-corrected chi connectivity index (χ0v) is 14.4. The minimum absolute atomic E-state index is 0.111. The average Bonchev–Trinajstić information content (AvgIpc) is 3.07. The van der Waals surface area contributed by atoms with Gasteiger partial charge in [0.2, 0.25) is 0 Å². The Labute approximate surface area is 150 Å². The van der Waals surface area contributed by atoms with Crippen LogP contribution in [0.4, 0.5) is 5.69 Å². The van der Waals surface area contributed by atoms with Crippen molar-refractivity contribution in [1.29, 1.82) is 0 Å². The van der Waals surface area contributed by atoms with Crippen molar-refractivity contribution in [2.45, 2.75) is 18.9 Å². The number of carbonyl (C=O) groups excluding carboxylic acids is 1. The van der Waals surface area contributed by atoms with Crippen LogP contribution in [-0.4, -0.2) is 25.2 Å². The largest absolute Gasteiger partial charge is 0.489 e. The molecule has 3 rings (SSSR count). The molecule has 6 heteroatoms. The van der Waals surface area contributed by atoms with Crippen molar-refractivity contribution in [3.8, 4) is 5.75 Å². The molecule has 0 saturated carbocycles. The highest BCUT2D eigenvalue weighted by molar-refractivity contribution is 6.37. The maximum Gasteiger partial charge on any atom is 0.257 e. The Hall–Kier alpha value is -1.75. The molecule has 1 N–H and O–H groups in total. The van der Waals surface area contributed by atoms with Crippen molar-refractivity contribution in [2.75, 3.05) is 18.5 Å². The van der Waals surface area contributed by atoms with Crippen LogP contribution in [0, 0.1) is 0 Å². The molecule has 126 valence electrons. The molecule has 0 aromatic heterocycles. The average molecular weight is 366 g/mol. The summed E-state index contributed by atoms with van der Waals surface area (Å²) in [7, 11) is 0. The fourth-order valence-electron chi connectivity index (χ4n) is 2.52. The number of amides is 1. The second-order valence-electron chi connectivity index (χ2n) is 5.52. The maximum absolute atomic E-state index is 12.4. The highest BCUT2D eigenvalue weighted by atomic mass is 35.5. The van der Waals surface area contributed by atoms with Gasteiger partial charge in [0.25, 0.3) is 5.91 Å². The Morgan fingerprint density at radius 1 is 1.25 bits per heavy atom. The van der Waals surface area contributed by atoms with E-state index >= 15 is 0 Å². The Morgan fingerprint density at radius 3 is 2.83 bits per heavy atom. The zero-order valence-electron chi connectivity index (χ0n) is 12.9. The van der Waals surface area contributed by atoms with Gasteiger partial charge in [-0.05, 0) is 43.2 Å². The molecule has 24 heavy (non-hydrogen) atoms. The molecule has 1 fully saturated rings. The van der Waals surface area contributed by atoms with E-state index in [0.717, 1.165) is 19.4 Å². The quantitative estimate of drug-likeness (QED) is 0.827. The molecular formula is C18H17Cl2NO3. The van der Waals surface area contributed by atoms with Gasteiger partial charge in [-0.15, -0.1) is 0 Å². The van der Waals surface area contributed by atoms with Crippen LogP contribution in [0.5, 0.6) is 5.75 Å². The molecular weight excluding hydrogens is 349 g/mol. The lowest BCUT2D eigenvalue weighted by Gasteiger charge is -2.15. The van der Waals surface area contributed by atoms with Crippen molar-refractivity contribution in [3.05, 3.63) is 58.1 Å². The van der Waals surface area contributed by atoms with E-state index < -0.39 is 0 Å². The number of para-hydroxylation sites is 2. The minimum atomic E-state index is -0.315. The summed E-state index contributed by atoms with van der Waals surface area (Å²) >= 11 is 11.9. The van der Waals surface area contributed by atoms with Gasteiger partial charge in [-0.25, -0.2) is 0 Å². The molecule has 1 atom stereocenters. The number of carbonyl (C=O) groups is 1. The summed E-state index contributed by atoms with van der Waals surface area (Å²) < 4.78 is 11.4. The van der Waals surface area contributed by atoms with Gasteiger partial charge in [0.1, 0.15) is 12.4 Å². The van der Waals surface area contributed by atoms with Gasteiger partial charge in [0, 0.05) is 11.6 Å². The van der Waals surface area contributed by atoms with Gasteiger partial charge >= 0.3 is 0 Å². The van der Waals surface area contributed by atoms with Crippen LogP contribution < -0.4 is 10.1 Å². The van der Waals surface area contributed by atoms with E-state index in [1.807, 2.05) is 18.2 Å². The molecule has 0 aliphatic carbocycles. The molecule has 1 saturated heterocycles. The first-order valence-corrected chi connectivity index (χ1v) is 8.49. The van der Waals surface area contributed by atoms with Crippen LogP contribution >= 0.6 is 23.2 Å². The first-order chi connectivity index (χ1) is 11.6. The fraction of sp³-hybridized carbons (Fsp3) is 0.278. The van der Waals surface area contributed by atoms with Gasteiger partial charge in [0.05, 0.1) is 22.4 Å². The lowest BCUT2D eigenvalue weighted by Crippen LogP contribution is -2.18. The van der Waals surface area contributed by atoms with Crippen molar-refractivity contribution in [3.63, 3.8) is 0 Å². The Morgan fingerprint density at radius 2 is 2.08 bits per heavy atom.